The molecule has 8 N–H and O–H groups in total. The molecule has 31 nitrogen and oxygen atoms in total. The highest BCUT2D eigenvalue weighted by Crippen LogP contribution is 2.54. The summed E-state index contributed by atoms with van der Waals surface area (Å²) < 4.78 is 79.3. The zero-order valence-electron chi connectivity index (χ0n) is 80.7. The Morgan fingerprint density at radius 2 is 0.794 bits per heavy atom. The van der Waals surface area contributed by atoms with Crippen LogP contribution in [0, 0.1) is 73.0 Å². The molecule has 0 aliphatic carbocycles. The Hall–Kier alpha value is -13.4. The lowest BCUT2D eigenvalue weighted by molar-refractivity contribution is -0.155. The number of methoxy groups -OCH3 is 2. The van der Waals surface area contributed by atoms with E-state index in [1.807, 2.05) is 44.9 Å². The van der Waals surface area contributed by atoms with Crippen molar-refractivity contribution < 1.29 is 109 Å². The Morgan fingerprint density at radius 1 is 0.433 bits per heavy atom. The van der Waals surface area contributed by atoms with E-state index in [0.717, 1.165) is 52.3 Å². The number of aryl methyl sites for hydroxylation is 2. The smallest absolute Gasteiger partial charge is 0.318 e. The number of benzene rings is 9. The zero-order valence-corrected chi connectivity index (χ0v) is 82.3. The maximum Gasteiger partial charge on any atom is 0.318 e. The first-order chi connectivity index (χ1) is 67.4. The van der Waals surface area contributed by atoms with Crippen LogP contribution in [0.2, 0.25) is 0 Å². The first-order valence-electron chi connectivity index (χ1n) is 47.5. The molecule has 12 rings (SSSR count). The van der Waals surface area contributed by atoms with Gasteiger partial charge in [-0.2, -0.15) is 0 Å². The number of phenols is 2. The number of aromatic hydroxyl groups is 2. The maximum atomic E-state index is 16.9. The van der Waals surface area contributed by atoms with Gasteiger partial charge in [0.25, 0.3) is 0 Å². The zero-order chi connectivity index (χ0) is 102. The number of imide groups is 2. The molecule has 6 amide bonds. The Bertz CT molecular complexity index is 6220. The van der Waals surface area contributed by atoms with Crippen molar-refractivity contribution in [2.75, 3.05) is 94.8 Å². The van der Waals surface area contributed by atoms with E-state index in [2.05, 4.69) is 20.1 Å². The number of carboxylic acid groups (broad SMARTS) is 2. The van der Waals surface area contributed by atoms with Crippen molar-refractivity contribution in [3.05, 3.63) is 286 Å². The predicted octanol–water partition coefficient (Wildman–Crippen LogP) is 12.4. The molecule has 0 aromatic heterocycles. The molecule has 3 heterocycles. The number of carbonyl (C=O) groups excluding carboxylic acids is 10. The van der Waals surface area contributed by atoms with Crippen molar-refractivity contribution in [3.63, 3.8) is 0 Å². The van der Waals surface area contributed by atoms with Gasteiger partial charge in [-0.15, -0.1) is 0 Å². The van der Waals surface area contributed by atoms with Crippen LogP contribution in [0.4, 0.5) is 0 Å². The van der Waals surface area contributed by atoms with Gasteiger partial charge in [0.15, 0.2) is 11.6 Å². The van der Waals surface area contributed by atoms with Crippen molar-refractivity contribution in [2.45, 2.75) is 125 Å². The number of ketones is 2. The lowest BCUT2D eigenvalue weighted by Crippen LogP contribution is -2.44. The van der Waals surface area contributed by atoms with E-state index in [-0.39, 0.29) is 85.6 Å². The van der Waals surface area contributed by atoms with Gasteiger partial charge < -0.3 is 55.1 Å². The molecule has 15 atom stereocenters. The Morgan fingerprint density at radius 3 is 1.19 bits per heavy atom. The molecule has 3 aliphatic heterocycles. The fourth-order valence-corrected chi connectivity index (χ4v) is 22.9. The molecule has 0 bridgehead atoms. The summed E-state index contributed by atoms with van der Waals surface area (Å²) in [6, 6.07) is 59.1. The lowest BCUT2D eigenvalue weighted by Gasteiger charge is -2.37. The van der Waals surface area contributed by atoms with Gasteiger partial charge >= 0.3 is 23.9 Å². The molecule has 0 radical (unpaired) electrons. The maximum absolute atomic E-state index is 16.9. The number of rotatable bonds is 51. The quantitative estimate of drug-likeness (QED) is 0.00577. The van der Waals surface area contributed by atoms with Crippen LogP contribution in [-0.2, 0) is 72.7 Å². The van der Waals surface area contributed by atoms with Crippen LogP contribution < -0.4 is 29.6 Å². The van der Waals surface area contributed by atoms with Crippen molar-refractivity contribution in [1.29, 1.82) is 0 Å². The number of amides is 6. The first-order valence-corrected chi connectivity index (χ1v) is 50.4. The van der Waals surface area contributed by atoms with E-state index in [1.165, 1.54) is 38.3 Å². The average molecular weight is 1970 g/mol. The topological polar surface area (TPSA) is 443 Å². The van der Waals surface area contributed by atoms with Crippen LogP contribution >= 0.6 is 0 Å². The van der Waals surface area contributed by atoms with Crippen molar-refractivity contribution in [2.24, 2.45) is 59.2 Å². The minimum absolute atomic E-state index is 0.0376. The van der Waals surface area contributed by atoms with Crippen LogP contribution in [0.1, 0.15) is 172 Å². The van der Waals surface area contributed by atoms with Gasteiger partial charge in [0.1, 0.15) is 32.8 Å². The van der Waals surface area contributed by atoms with E-state index in [9.17, 15) is 61.2 Å². The molecule has 15 unspecified atom stereocenters. The number of cyclic esters (lactones) is 2. The van der Waals surface area contributed by atoms with E-state index >= 15 is 33.6 Å². The number of nitrogens with zero attached hydrogens (tertiary/aromatic N) is 4. The SMILES string of the molecule is CCC(c1ccccc1)C(C(=O)NCCCNS(=O)(=O)c1cc(C(=O)c2ccc(C)cc2)c(O)cc1OC)C(CC(c1ccccc1)C1C(=O)N(CCCNS(=O)(=O)c2cc(C(=O)c3ccc(C)cc3)c(O)cc2OC)C(=O)C1CC(c1ccccc1)C1C(=O)N(CCCN(C)C)C(=O)C1CC(c1ccccc1)C(C(=O)NCCCN(C)C)C(CC(c1ccccc1)C1C(=O)OC(=O)C1C)C(=O)O)C(=O)O. The summed E-state index contributed by atoms with van der Waals surface area (Å²) in [5, 5.41) is 52.6. The van der Waals surface area contributed by atoms with Crippen molar-refractivity contribution >= 4 is 90.9 Å². The summed E-state index contributed by atoms with van der Waals surface area (Å²) in [7, 11) is 0.335. The van der Waals surface area contributed by atoms with Gasteiger partial charge in [0.05, 0.1) is 84.5 Å². The Kier molecular flexibility index (Phi) is 36.3. The molecular formula is C108H124N8O23S2. The van der Waals surface area contributed by atoms with Gasteiger partial charge in [-0.25, -0.2) is 26.3 Å². The van der Waals surface area contributed by atoms with Crippen LogP contribution in [0.25, 0.3) is 0 Å². The monoisotopic (exact) mass is 1960 g/mol. The number of esters is 2. The fourth-order valence-electron chi connectivity index (χ4n) is 20.4. The predicted molar refractivity (Wildman–Crippen MR) is 526 cm³/mol. The van der Waals surface area contributed by atoms with Crippen molar-refractivity contribution in [1.82, 2.24) is 39.7 Å². The summed E-state index contributed by atoms with van der Waals surface area (Å²) in [6.45, 7) is 5.97. The molecule has 9 aromatic rings. The number of hydrogen-bond acceptors (Lipinski definition) is 23. The molecule has 746 valence electrons. The minimum Gasteiger partial charge on any atom is -0.507 e. The lowest BCUT2D eigenvalue weighted by atomic mass is 9.64. The van der Waals surface area contributed by atoms with Crippen LogP contribution in [0.5, 0.6) is 23.0 Å². The number of likely N-dealkylation sites (tertiary alicyclic amines) is 2. The molecule has 0 saturated carbocycles. The normalized spacial score (nSPS) is 18.6. The Labute approximate surface area is 822 Å². The molecule has 3 saturated heterocycles. The van der Waals surface area contributed by atoms with Crippen LogP contribution in [0.3, 0.4) is 0 Å². The molecule has 141 heavy (non-hydrogen) atoms. The van der Waals surface area contributed by atoms with Gasteiger partial charge in [-0.05, 0) is 182 Å². The second kappa shape index (κ2) is 48.2. The van der Waals surface area contributed by atoms with Gasteiger partial charge in [0, 0.05) is 62.5 Å². The highest BCUT2D eigenvalue weighted by atomic mass is 32.2. The number of hydrogen-bond donors (Lipinski definition) is 8. The minimum atomic E-state index is -4.74. The van der Waals surface area contributed by atoms with E-state index < -0.39 is 240 Å². The van der Waals surface area contributed by atoms with Crippen molar-refractivity contribution in [3.8, 4) is 23.0 Å². The van der Waals surface area contributed by atoms with Gasteiger partial charge in [-0.1, -0.05) is 225 Å². The van der Waals surface area contributed by atoms with Gasteiger partial charge in [0.2, 0.25) is 55.5 Å². The third kappa shape index (κ3) is 25.3. The average Bonchev–Trinajstić information content (AvgIpc) is 1.61. The van der Waals surface area contributed by atoms with E-state index in [4.69, 9.17) is 14.2 Å². The second-order valence-electron chi connectivity index (χ2n) is 37.2. The number of sulfonamides is 2. The summed E-state index contributed by atoms with van der Waals surface area (Å²) in [4.78, 5) is 189. The summed E-state index contributed by atoms with van der Waals surface area (Å²) >= 11 is 0. The van der Waals surface area contributed by atoms with Crippen LogP contribution in [-0.4, -0.2) is 223 Å². The summed E-state index contributed by atoms with van der Waals surface area (Å²) in [5.41, 5.74) is 3.31. The number of carbonyl (C=O) groups is 12. The molecule has 3 aliphatic rings. The molecule has 3 fully saturated rings. The summed E-state index contributed by atoms with van der Waals surface area (Å²) in [5.74, 6) is -33.9. The van der Waals surface area contributed by atoms with E-state index in [1.54, 1.807) is 190 Å². The number of nitrogens with one attached hydrogen (secondary N) is 4. The fraction of sp³-hybridized carbons (Fsp3) is 0.389. The van der Waals surface area contributed by atoms with Gasteiger partial charge in [-0.3, -0.25) is 67.3 Å². The number of aliphatic carboxylic acids is 2. The molecule has 0 spiro atoms. The third-order valence-corrected chi connectivity index (χ3v) is 30.5. The number of phenolic OH excluding ortho intramolecular Hbond substituents is 2. The summed E-state index contributed by atoms with van der Waals surface area (Å²) in [6.07, 6.45) is -1.63. The number of ether oxygens (including phenoxy) is 3. The first kappa shape index (κ1) is 106. The van der Waals surface area contributed by atoms with E-state index in [0.29, 0.717) is 47.3 Å². The number of carboxylic acids is 2. The largest absolute Gasteiger partial charge is 0.507 e. The highest BCUT2D eigenvalue weighted by molar-refractivity contribution is 7.90. The Balaban J connectivity index is 0.971. The standard InChI is InChI=1S/C108H124N8O23S2/c1-11-75(68-31-17-12-18-32-68)93(99(121)109-49-27-51-111-140(133,134)90-61-80(86(117)63-88(90)137-9)97(119)73-45-41-65(2)42-46-73)84(105(127)128)60-79(72-39-25-16-26-40-72)96-83(101(123)115(103(96)125)55-29-52-112-141(135,136)91-62-81(87(118)64-89(91)138-10)98(120)74-47-43-66(3)44-48-74)58-78(71-37-23-15-24-38-71)95-82(102(124)116(104(95)126)56-30-54-114(7)8)57-77(70-35-21-14-22-36-70)94(100(122)110-50-28-53-113(5)6)85(106(129)130)59-76(69-33-19-13-20-34-69)92-67(4)107(131)139-108(92)132/h12-26,31-48,61-64,67,75-79,82-85,92-96,111-112,117-118H,11,27-30,49-60H2,1-10H3,(H,109,121)(H,110,122)(H,127,128)(H,129,130). The van der Waals surface area contributed by atoms with Crippen LogP contribution in [0.15, 0.2) is 234 Å². The highest BCUT2D eigenvalue weighted by Gasteiger charge is 2.59. The molecule has 33 heteroatoms. The molecular weight excluding hydrogens is 1840 g/mol. The molecule has 9 aromatic carbocycles. The third-order valence-electron chi connectivity index (χ3n) is 27.5. The second-order valence-corrected chi connectivity index (χ2v) is 40.7.